The number of ether oxygens (including phenoxy) is 5. The third kappa shape index (κ3) is 4.36. The lowest BCUT2D eigenvalue weighted by atomic mass is 10.1. The van der Waals surface area contributed by atoms with Gasteiger partial charge in [0.1, 0.15) is 11.5 Å². The van der Waals surface area contributed by atoms with Crippen molar-refractivity contribution in [1.29, 1.82) is 0 Å². The van der Waals surface area contributed by atoms with Gasteiger partial charge in [0.15, 0.2) is 11.5 Å². The summed E-state index contributed by atoms with van der Waals surface area (Å²) in [5.41, 5.74) is 1.29. The Morgan fingerprint density at radius 2 is 1.41 bits per heavy atom. The average Bonchev–Trinajstić information content (AvgIpc) is 2.71. The summed E-state index contributed by atoms with van der Waals surface area (Å²) in [5, 5.41) is 0. The Hall–Kier alpha value is -3.09. The van der Waals surface area contributed by atoms with Crippen LogP contribution in [0.1, 0.15) is 15.9 Å². The van der Waals surface area contributed by atoms with Gasteiger partial charge in [0, 0.05) is 30.8 Å². The van der Waals surface area contributed by atoms with Crippen molar-refractivity contribution in [1.82, 2.24) is 4.90 Å². The van der Waals surface area contributed by atoms with Crippen LogP contribution in [0.4, 0.5) is 0 Å². The van der Waals surface area contributed by atoms with E-state index in [9.17, 15) is 4.79 Å². The molecule has 0 saturated carbocycles. The zero-order chi connectivity index (χ0) is 20.0. The molecule has 0 fully saturated rings. The van der Waals surface area contributed by atoms with E-state index in [4.69, 9.17) is 23.7 Å². The number of hydrogen-bond acceptors (Lipinski definition) is 6. The van der Waals surface area contributed by atoms with Crippen LogP contribution < -0.4 is 23.7 Å². The molecule has 0 aromatic heterocycles. The number of carbonyl (C=O) groups excluding carboxylic acids is 1. The number of hydrogen-bond donors (Lipinski definition) is 0. The largest absolute Gasteiger partial charge is 0.497 e. The quantitative estimate of drug-likeness (QED) is 0.707. The monoisotopic (exact) mass is 375 g/mol. The highest BCUT2D eigenvalue weighted by Gasteiger charge is 2.20. The lowest BCUT2D eigenvalue weighted by molar-refractivity contribution is 0.0783. The van der Waals surface area contributed by atoms with Crippen LogP contribution in [0, 0.1) is 0 Å². The van der Waals surface area contributed by atoms with Crippen molar-refractivity contribution in [3.63, 3.8) is 0 Å². The number of benzene rings is 2. The van der Waals surface area contributed by atoms with Gasteiger partial charge in [-0.3, -0.25) is 4.79 Å². The molecule has 0 atom stereocenters. The van der Waals surface area contributed by atoms with Crippen LogP contribution in [0.15, 0.2) is 30.3 Å². The molecule has 0 bridgehead atoms. The third-order valence-electron chi connectivity index (χ3n) is 4.16. The van der Waals surface area contributed by atoms with E-state index < -0.39 is 0 Å². The minimum absolute atomic E-state index is 0.188. The molecule has 0 heterocycles. The van der Waals surface area contributed by atoms with E-state index in [0.717, 1.165) is 5.56 Å². The van der Waals surface area contributed by atoms with Gasteiger partial charge in [-0.2, -0.15) is 0 Å². The van der Waals surface area contributed by atoms with Gasteiger partial charge >= 0.3 is 0 Å². The highest BCUT2D eigenvalue weighted by Crippen LogP contribution is 2.38. The van der Waals surface area contributed by atoms with Gasteiger partial charge in [-0.1, -0.05) is 0 Å². The fourth-order valence-electron chi connectivity index (χ4n) is 2.73. The Labute approximate surface area is 159 Å². The lowest BCUT2D eigenvalue weighted by Gasteiger charge is -2.20. The van der Waals surface area contributed by atoms with Gasteiger partial charge < -0.3 is 28.6 Å². The van der Waals surface area contributed by atoms with Crippen molar-refractivity contribution < 1.29 is 28.5 Å². The topological polar surface area (TPSA) is 66.5 Å². The van der Waals surface area contributed by atoms with Gasteiger partial charge in [-0.15, -0.1) is 0 Å². The normalized spacial score (nSPS) is 10.1. The van der Waals surface area contributed by atoms with Crippen molar-refractivity contribution in [3.05, 3.63) is 41.5 Å². The number of nitrogens with zero attached hydrogens (tertiary/aromatic N) is 1. The molecule has 0 spiro atoms. The van der Waals surface area contributed by atoms with Crippen LogP contribution in [0.2, 0.25) is 0 Å². The molecule has 0 radical (unpaired) electrons. The molecule has 0 aliphatic carbocycles. The molecule has 2 aromatic rings. The summed E-state index contributed by atoms with van der Waals surface area (Å²) in [7, 11) is 9.43. The van der Waals surface area contributed by atoms with Crippen LogP contribution in [0.5, 0.6) is 28.7 Å². The van der Waals surface area contributed by atoms with Crippen LogP contribution in [-0.2, 0) is 6.54 Å². The molecule has 1 amide bonds. The molecule has 7 heteroatoms. The van der Waals surface area contributed by atoms with Crippen molar-refractivity contribution >= 4 is 5.91 Å². The van der Waals surface area contributed by atoms with E-state index in [-0.39, 0.29) is 5.91 Å². The number of rotatable bonds is 8. The van der Waals surface area contributed by atoms with Gasteiger partial charge in [0.25, 0.3) is 5.91 Å². The molecule has 0 aliphatic rings. The highest BCUT2D eigenvalue weighted by atomic mass is 16.5. The van der Waals surface area contributed by atoms with Crippen LogP contribution in [0.3, 0.4) is 0 Å². The zero-order valence-electron chi connectivity index (χ0n) is 16.5. The van der Waals surface area contributed by atoms with E-state index in [1.807, 2.05) is 12.1 Å². The summed E-state index contributed by atoms with van der Waals surface area (Å²) < 4.78 is 26.5. The minimum atomic E-state index is -0.188. The molecule has 2 aromatic carbocycles. The van der Waals surface area contributed by atoms with E-state index in [1.54, 1.807) is 44.4 Å². The van der Waals surface area contributed by atoms with Crippen molar-refractivity contribution in [3.8, 4) is 28.7 Å². The van der Waals surface area contributed by atoms with Crippen LogP contribution in [0.25, 0.3) is 0 Å². The van der Waals surface area contributed by atoms with Crippen LogP contribution in [-0.4, -0.2) is 53.4 Å². The first-order valence-electron chi connectivity index (χ1n) is 8.25. The van der Waals surface area contributed by atoms with Gasteiger partial charge in [-0.25, -0.2) is 0 Å². The second kappa shape index (κ2) is 9.02. The number of amides is 1. The molecular formula is C20H25NO6. The maximum Gasteiger partial charge on any atom is 0.254 e. The van der Waals surface area contributed by atoms with Crippen LogP contribution >= 0.6 is 0 Å². The van der Waals surface area contributed by atoms with Gasteiger partial charge in [0.05, 0.1) is 35.5 Å². The number of carbonyl (C=O) groups is 1. The molecule has 0 aliphatic heterocycles. The standard InChI is InChI=1S/C20H25NO6/c1-21(12-13-7-8-15(23-2)11-16(13)24-3)20(22)14-9-17(25-4)19(27-6)18(10-14)26-5/h7-11H,12H2,1-6H3. The predicted molar refractivity (Wildman–Crippen MR) is 101 cm³/mol. The predicted octanol–water partition coefficient (Wildman–Crippen LogP) is 3.00. The summed E-state index contributed by atoms with van der Waals surface area (Å²) >= 11 is 0. The second-order valence-electron chi connectivity index (χ2n) is 5.75. The SMILES string of the molecule is COc1ccc(CN(C)C(=O)c2cc(OC)c(OC)c(OC)c2)c(OC)c1. The first kappa shape index (κ1) is 20.2. The molecule has 146 valence electrons. The van der Waals surface area contributed by atoms with E-state index in [0.29, 0.717) is 40.9 Å². The van der Waals surface area contributed by atoms with E-state index in [1.165, 1.54) is 21.3 Å². The first-order valence-corrected chi connectivity index (χ1v) is 8.25. The Morgan fingerprint density at radius 1 is 0.815 bits per heavy atom. The molecule has 0 saturated heterocycles. The third-order valence-corrected chi connectivity index (χ3v) is 4.16. The maximum atomic E-state index is 12.9. The van der Waals surface area contributed by atoms with Crippen molar-refractivity contribution in [2.45, 2.75) is 6.54 Å². The molecule has 27 heavy (non-hydrogen) atoms. The summed E-state index contributed by atoms with van der Waals surface area (Å²) in [4.78, 5) is 14.5. The fourth-order valence-corrected chi connectivity index (χ4v) is 2.73. The smallest absolute Gasteiger partial charge is 0.254 e. The van der Waals surface area contributed by atoms with Crippen molar-refractivity contribution in [2.75, 3.05) is 42.6 Å². The second-order valence-corrected chi connectivity index (χ2v) is 5.75. The minimum Gasteiger partial charge on any atom is -0.497 e. The van der Waals surface area contributed by atoms with E-state index in [2.05, 4.69) is 0 Å². The highest BCUT2D eigenvalue weighted by molar-refractivity contribution is 5.95. The molecule has 2 rings (SSSR count). The zero-order valence-corrected chi connectivity index (χ0v) is 16.5. The first-order chi connectivity index (χ1) is 13.0. The van der Waals surface area contributed by atoms with Gasteiger partial charge in [-0.05, 0) is 24.3 Å². The summed E-state index contributed by atoms with van der Waals surface area (Å²) in [6.07, 6.45) is 0. The molecule has 0 N–H and O–H groups in total. The Bertz CT molecular complexity index is 780. The van der Waals surface area contributed by atoms with Crippen molar-refractivity contribution in [2.24, 2.45) is 0 Å². The Balaban J connectivity index is 2.30. The summed E-state index contributed by atoms with van der Waals surface area (Å²) in [5.74, 6) is 2.45. The average molecular weight is 375 g/mol. The lowest BCUT2D eigenvalue weighted by Crippen LogP contribution is -2.26. The summed E-state index contributed by atoms with van der Waals surface area (Å²) in [6, 6.07) is 8.75. The molecular weight excluding hydrogens is 350 g/mol. The Kier molecular flexibility index (Phi) is 6.76. The molecule has 7 nitrogen and oxygen atoms in total. The Morgan fingerprint density at radius 3 is 1.89 bits per heavy atom. The summed E-state index contributed by atoms with van der Waals surface area (Å²) in [6.45, 7) is 0.364. The van der Waals surface area contributed by atoms with E-state index >= 15 is 0 Å². The fraction of sp³-hybridized carbons (Fsp3) is 0.350. The number of methoxy groups -OCH3 is 5. The maximum absolute atomic E-state index is 12.9. The van der Waals surface area contributed by atoms with Gasteiger partial charge in [0.2, 0.25) is 5.75 Å². The molecule has 0 unspecified atom stereocenters.